The first-order valence-corrected chi connectivity index (χ1v) is 10.3. The summed E-state index contributed by atoms with van der Waals surface area (Å²) in [6.45, 7) is 3.92. The summed E-state index contributed by atoms with van der Waals surface area (Å²) < 4.78 is 0. The zero-order chi connectivity index (χ0) is 17.2. The second-order valence-corrected chi connectivity index (χ2v) is 8.10. The predicted molar refractivity (Wildman–Crippen MR) is 101 cm³/mol. The molecule has 4 nitrogen and oxygen atoms in total. The lowest BCUT2D eigenvalue weighted by Crippen LogP contribution is -2.41. The van der Waals surface area contributed by atoms with Gasteiger partial charge in [0.05, 0.1) is 10.7 Å². The highest BCUT2D eigenvalue weighted by molar-refractivity contribution is 6.33. The van der Waals surface area contributed by atoms with Crippen LogP contribution in [-0.2, 0) is 13.0 Å². The van der Waals surface area contributed by atoms with Crippen LogP contribution in [0.25, 0.3) is 0 Å². The maximum Gasteiger partial charge on any atom is 0.148 e. The van der Waals surface area contributed by atoms with Crippen molar-refractivity contribution in [3.63, 3.8) is 0 Å². The van der Waals surface area contributed by atoms with Gasteiger partial charge in [-0.25, -0.2) is 4.98 Å². The van der Waals surface area contributed by atoms with Crippen LogP contribution in [0.2, 0.25) is 5.02 Å². The van der Waals surface area contributed by atoms with E-state index < -0.39 is 0 Å². The lowest BCUT2D eigenvalue weighted by molar-refractivity contribution is 0.139. The summed E-state index contributed by atoms with van der Waals surface area (Å²) in [7, 11) is 0. The summed E-state index contributed by atoms with van der Waals surface area (Å²) in [5.74, 6) is 0.830. The van der Waals surface area contributed by atoms with Crippen molar-refractivity contribution in [1.29, 1.82) is 5.26 Å². The van der Waals surface area contributed by atoms with E-state index in [2.05, 4.69) is 15.9 Å². The number of nitriles is 1. The molecule has 1 aromatic heterocycles. The Morgan fingerprint density at radius 1 is 1.00 bits per heavy atom. The molecule has 0 aromatic carbocycles. The molecule has 0 atom stereocenters. The highest BCUT2D eigenvalue weighted by Crippen LogP contribution is 2.36. The van der Waals surface area contributed by atoms with Crippen molar-refractivity contribution in [3.05, 3.63) is 21.8 Å². The van der Waals surface area contributed by atoms with Crippen LogP contribution in [0, 0.1) is 11.3 Å². The highest BCUT2D eigenvalue weighted by atomic mass is 35.5. The number of aromatic nitrogens is 1. The Kier molecular flexibility index (Phi) is 5.15. The third kappa shape index (κ3) is 3.37. The summed E-state index contributed by atoms with van der Waals surface area (Å²) in [5.41, 5.74) is 2.82. The molecule has 0 N–H and O–H groups in total. The Morgan fingerprint density at radius 2 is 1.72 bits per heavy atom. The Balaban J connectivity index is 1.64. The van der Waals surface area contributed by atoms with E-state index in [1.54, 1.807) is 0 Å². The minimum atomic E-state index is 0.591. The number of piperidine rings is 1. The van der Waals surface area contributed by atoms with Crippen molar-refractivity contribution < 1.29 is 0 Å². The van der Waals surface area contributed by atoms with Crippen LogP contribution in [0.5, 0.6) is 0 Å². The van der Waals surface area contributed by atoms with E-state index in [-0.39, 0.29) is 0 Å². The summed E-state index contributed by atoms with van der Waals surface area (Å²) >= 11 is 6.68. The van der Waals surface area contributed by atoms with Gasteiger partial charge in [-0.05, 0) is 44.1 Å². The van der Waals surface area contributed by atoms with Crippen LogP contribution in [0.1, 0.15) is 68.2 Å². The quantitative estimate of drug-likeness (QED) is 0.791. The monoisotopic (exact) mass is 358 g/mol. The average molecular weight is 359 g/mol. The molecule has 3 aliphatic rings. The van der Waals surface area contributed by atoms with E-state index in [0.29, 0.717) is 16.6 Å². The zero-order valence-electron chi connectivity index (χ0n) is 14.9. The summed E-state index contributed by atoms with van der Waals surface area (Å²) in [4.78, 5) is 9.87. The van der Waals surface area contributed by atoms with E-state index in [1.165, 1.54) is 51.4 Å². The topological polar surface area (TPSA) is 43.2 Å². The molecule has 0 bridgehead atoms. The maximum atomic E-state index is 9.68. The molecule has 1 aliphatic carbocycles. The van der Waals surface area contributed by atoms with E-state index in [0.717, 1.165) is 49.7 Å². The number of nitrogens with zero attached hydrogens (tertiary/aromatic N) is 4. The fourth-order valence-corrected chi connectivity index (χ4v) is 5.06. The third-order valence-electron chi connectivity index (χ3n) is 6.16. The molecule has 1 aromatic rings. The Morgan fingerprint density at radius 3 is 2.44 bits per heavy atom. The van der Waals surface area contributed by atoms with Crippen molar-refractivity contribution in [3.8, 4) is 6.07 Å². The number of hydrogen-bond donors (Lipinski definition) is 0. The number of halogens is 1. The fraction of sp³-hybridized carbons (Fsp3) is 0.700. The molecule has 1 saturated carbocycles. The Bertz CT molecular complexity index is 669. The second kappa shape index (κ2) is 7.51. The van der Waals surface area contributed by atoms with Crippen molar-refractivity contribution in [1.82, 2.24) is 9.88 Å². The van der Waals surface area contributed by atoms with Gasteiger partial charge in [-0.15, -0.1) is 0 Å². The van der Waals surface area contributed by atoms with Crippen LogP contribution < -0.4 is 4.90 Å². The molecule has 0 unspecified atom stereocenters. The molecule has 4 rings (SSSR count). The largest absolute Gasteiger partial charge is 0.355 e. The first kappa shape index (κ1) is 17.1. The molecule has 1 saturated heterocycles. The first-order chi connectivity index (χ1) is 12.3. The Hall–Kier alpha value is -1.31. The zero-order valence-corrected chi connectivity index (χ0v) is 15.7. The lowest BCUT2D eigenvalue weighted by Gasteiger charge is -2.38. The molecule has 5 heteroatoms. The predicted octanol–water partition coefficient (Wildman–Crippen LogP) is 4.29. The maximum absolute atomic E-state index is 9.68. The van der Waals surface area contributed by atoms with Gasteiger partial charge in [-0.3, -0.25) is 4.90 Å². The molecule has 134 valence electrons. The van der Waals surface area contributed by atoms with Crippen molar-refractivity contribution in [2.24, 2.45) is 0 Å². The molecule has 25 heavy (non-hydrogen) atoms. The van der Waals surface area contributed by atoms with Crippen LogP contribution in [0.15, 0.2) is 0 Å². The first-order valence-electron chi connectivity index (χ1n) is 9.88. The third-order valence-corrected chi connectivity index (χ3v) is 6.57. The second-order valence-electron chi connectivity index (χ2n) is 7.72. The molecule has 2 aliphatic heterocycles. The van der Waals surface area contributed by atoms with Crippen molar-refractivity contribution in [2.45, 2.75) is 70.4 Å². The van der Waals surface area contributed by atoms with Crippen LogP contribution in [0.3, 0.4) is 0 Å². The number of hydrogen-bond acceptors (Lipinski definition) is 4. The van der Waals surface area contributed by atoms with Gasteiger partial charge in [0.1, 0.15) is 17.5 Å². The van der Waals surface area contributed by atoms with Gasteiger partial charge in [-0.2, -0.15) is 5.26 Å². The molecule has 0 amide bonds. The molecular formula is C20H27ClN4. The summed E-state index contributed by atoms with van der Waals surface area (Å²) in [6.07, 6.45) is 11.3. The standard InChI is InChI=1S/C20H27ClN4/c21-19-16-9-12-25(15-7-3-1-4-8-15)14-18(16)23-20(17(19)13-22)24-10-5-2-6-11-24/h15H,1-12,14H2. The van der Waals surface area contributed by atoms with Gasteiger partial charge in [0.25, 0.3) is 0 Å². The highest BCUT2D eigenvalue weighted by Gasteiger charge is 2.30. The summed E-state index contributed by atoms with van der Waals surface area (Å²) in [5, 5.41) is 10.3. The summed E-state index contributed by atoms with van der Waals surface area (Å²) in [6, 6.07) is 3.04. The van der Waals surface area contributed by atoms with E-state index in [1.807, 2.05) is 0 Å². The number of pyridine rings is 1. The molecule has 0 radical (unpaired) electrons. The SMILES string of the molecule is N#Cc1c(N2CCCCC2)nc2c(c1Cl)CCN(C1CCCCC1)C2. The van der Waals surface area contributed by atoms with Crippen molar-refractivity contribution in [2.75, 3.05) is 24.5 Å². The van der Waals surface area contributed by atoms with Gasteiger partial charge < -0.3 is 4.90 Å². The van der Waals surface area contributed by atoms with Gasteiger partial charge in [-0.1, -0.05) is 30.9 Å². The minimum absolute atomic E-state index is 0.591. The van der Waals surface area contributed by atoms with Crippen molar-refractivity contribution >= 4 is 17.4 Å². The minimum Gasteiger partial charge on any atom is -0.355 e. The van der Waals surface area contributed by atoms with E-state index in [4.69, 9.17) is 16.6 Å². The fourth-order valence-electron chi connectivity index (χ4n) is 4.73. The van der Waals surface area contributed by atoms with Gasteiger partial charge in [0.2, 0.25) is 0 Å². The lowest BCUT2D eigenvalue weighted by atomic mass is 9.92. The van der Waals surface area contributed by atoms with E-state index in [9.17, 15) is 5.26 Å². The molecule has 0 spiro atoms. The van der Waals surface area contributed by atoms with Crippen LogP contribution in [0.4, 0.5) is 5.82 Å². The van der Waals surface area contributed by atoms with Gasteiger partial charge in [0.15, 0.2) is 0 Å². The van der Waals surface area contributed by atoms with Crippen LogP contribution in [-0.4, -0.2) is 35.6 Å². The smallest absolute Gasteiger partial charge is 0.148 e. The number of rotatable bonds is 2. The number of anilines is 1. The van der Waals surface area contributed by atoms with Gasteiger partial charge >= 0.3 is 0 Å². The van der Waals surface area contributed by atoms with Crippen LogP contribution >= 0.6 is 11.6 Å². The number of fused-ring (bicyclic) bond motifs is 1. The normalized spacial score (nSPS) is 22.5. The molecule has 3 heterocycles. The van der Waals surface area contributed by atoms with E-state index >= 15 is 0 Å². The van der Waals surface area contributed by atoms with Gasteiger partial charge in [0, 0.05) is 32.2 Å². The average Bonchev–Trinajstić information content (AvgIpc) is 2.69. The molecule has 2 fully saturated rings. The molecular weight excluding hydrogens is 332 g/mol. The Labute approximate surface area is 155 Å².